The summed E-state index contributed by atoms with van der Waals surface area (Å²) in [4.78, 5) is 26.0. The molecule has 0 bridgehead atoms. The molecule has 0 amide bonds. The number of aromatic nitrogens is 2. The van der Waals surface area contributed by atoms with Gasteiger partial charge in [0.2, 0.25) is 0 Å². The molecular weight excluding hydrogens is 500 g/mol. The lowest BCUT2D eigenvalue weighted by molar-refractivity contribution is -0.0875. The number of hydrogen-bond acceptors (Lipinski definition) is 7. The number of aromatic amines is 1. The first-order valence-electron chi connectivity index (χ1n) is 12.6. The molecule has 0 spiro atoms. The number of rotatable bonds is 9. The van der Waals surface area contributed by atoms with E-state index in [9.17, 15) is 14.7 Å². The Morgan fingerprint density at radius 1 is 0.872 bits per heavy atom. The molecule has 1 aliphatic rings. The maximum Gasteiger partial charge on any atom is 0.330 e. The number of nitrogens with zero attached hydrogens (tertiary/aromatic N) is 1. The van der Waals surface area contributed by atoms with Crippen LogP contribution in [0.4, 0.5) is 0 Å². The van der Waals surface area contributed by atoms with Crippen LogP contribution in [-0.2, 0) is 15.1 Å². The summed E-state index contributed by atoms with van der Waals surface area (Å²) in [6, 6.07) is 26.4. The van der Waals surface area contributed by atoms with Crippen LogP contribution >= 0.6 is 0 Å². The van der Waals surface area contributed by atoms with E-state index in [1.807, 2.05) is 78.9 Å². The van der Waals surface area contributed by atoms with Crippen LogP contribution in [0.3, 0.4) is 0 Å². The second-order valence-electron chi connectivity index (χ2n) is 9.28. The third-order valence-electron chi connectivity index (χ3n) is 6.95. The van der Waals surface area contributed by atoms with Crippen molar-refractivity contribution in [1.29, 1.82) is 0 Å². The van der Waals surface area contributed by atoms with Crippen LogP contribution in [0.15, 0.2) is 101 Å². The second kappa shape index (κ2) is 11.3. The minimum atomic E-state index is -1.04. The smallest absolute Gasteiger partial charge is 0.330 e. The Balaban J connectivity index is 1.53. The highest BCUT2D eigenvalue weighted by atomic mass is 16.6. The fourth-order valence-electron chi connectivity index (χ4n) is 5.01. The van der Waals surface area contributed by atoms with Crippen LogP contribution in [0, 0.1) is 0 Å². The summed E-state index contributed by atoms with van der Waals surface area (Å²) in [5, 5.41) is 10.7. The molecule has 1 unspecified atom stereocenters. The molecule has 9 nitrogen and oxygen atoms in total. The molecule has 0 aliphatic carbocycles. The van der Waals surface area contributed by atoms with E-state index < -0.39 is 35.3 Å². The van der Waals surface area contributed by atoms with Crippen molar-refractivity contribution >= 4 is 0 Å². The van der Waals surface area contributed by atoms with Gasteiger partial charge in [-0.15, -0.1) is 0 Å². The molecule has 9 heteroatoms. The number of H-pyrrole nitrogens is 1. The molecule has 0 radical (unpaired) electrons. The highest BCUT2D eigenvalue weighted by Crippen LogP contribution is 2.42. The van der Waals surface area contributed by atoms with Crippen LogP contribution < -0.4 is 20.7 Å². The first kappa shape index (κ1) is 26.4. The van der Waals surface area contributed by atoms with Gasteiger partial charge in [-0.2, -0.15) is 0 Å². The van der Waals surface area contributed by atoms with Crippen molar-refractivity contribution in [1.82, 2.24) is 9.55 Å². The molecule has 1 saturated heterocycles. The molecule has 39 heavy (non-hydrogen) atoms. The summed E-state index contributed by atoms with van der Waals surface area (Å²) in [6.45, 7) is 0.110. The van der Waals surface area contributed by atoms with Gasteiger partial charge in [-0.1, -0.05) is 54.6 Å². The van der Waals surface area contributed by atoms with Gasteiger partial charge >= 0.3 is 5.69 Å². The molecule has 2 N–H and O–H groups in total. The predicted molar refractivity (Wildman–Crippen MR) is 144 cm³/mol. The SMILES string of the molecule is COc1ccc(C(OC[C@@H]2CC(O)[C@H](n3ccc(=O)[nH]c3=O)O2)(c2ccccc2)c2ccc(OC)cc2)cc1. The average molecular weight is 531 g/mol. The highest BCUT2D eigenvalue weighted by Gasteiger charge is 2.41. The van der Waals surface area contributed by atoms with Crippen LogP contribution in [0.5, 0.6) is 11.5 Å². The van der Waals surface area contributed by atoms with Crippen molar-refractivity contribution in [2.75, 3.05) is 20.8 Å². The van der Waals surface area contributed by atoms with Gasteiger partial charge in [-0.3, -0.25) is 14.3 Å². The summed E-state index contributed by atoms with van der Waals surface area (Å²) in [5.41, 5.74) is 0.421. The van der Waals surface area contributed by atoms with E-state index >= 15 is 0 Å². The topological polar surface area (TPSA) is 112 Å². The number of aliphatic hydroxyl groups excluding tert-OH is 1. The Bertz CT molecular complexity index is 1450. The van der Waals surface area contributed by atoms with E-state index in [4.69, 9.17) is 18.9 Å². The lowest BCUT2D eigenvalue weighted by atomic mass is 9.80. The normalized spacial score (nSPS) is 19.1. The maximum absolute atomic E-state index is 12.3. The summed E-state index contributed by atoms with van der Waals surface area (Å²) in [6.07, 6.45) is -0.872. The Morgan fingerprint density at radius 3 is 1.97 bits per heavy atom. The van der Waals surface area contributed by atoms with Crippen molar-refractivity contribution < 1.29 is 24.1 Å². The van der Waals surface area contributed by atoms with Gasteiger partial charge < -0.3 is 24.1 Å². The average Bonchev–Trinajstić information content (AvgIpc) is 3.34. The largest absolute Gasteiger partial charge is 0.497 e. The Kier molecular flexibility index (Phi) is 7.65. The van der Waals surface area contributed by atoms with Gasteiger partial charge in [-0.25, -0.2) is 4.79 Å². The summed E-state index contributed by atoms with van der Waals surface area (Å²) >= 11 is 0. The molecule has 5 rings (SSSR count). The van der Waals surface area contributed by atoms with E-state index in [2.05, 4.69) is 4.98 Å². The van der Waals surface area contributed by atoms with Crippen molar-refractivity contribution in [2.24, 2.45) is 0 Å². The Labute approximate surface area is 225 Å². The molecule has 202 valence electrons. The third-order valence-corrected chi connectivity index (χ3v) is 6.95. The maximum atomic E-state index is 12.3. The summed E-state index contributed by atoms with van der Waals surface area (Å²) < 4.78 is 24.9. The lowest BCUT2D eigenvalue weighted by Crippen LogP contribution is -2.36. The molecule has 2 heterocycles. The van der Waals surface area contributed by atoms with Crippen LogP contribution in [0.1, 0.15) is 29.3 Å². The number of hydrogen-bond donors (Lipinski definition) is 2. The first-order valence-corrected chi connectivity index (χ1v) is 12.6. The standard InChI is InChI=1S/C30H30N2O7/c1-36-23-12-8-21(9-13-23)30(20-6-4-3-5-7-20,22-10-14-24(37-2)15-11-22)38-19-25-18-26(33)28(39-25)32-17-16-27(34)31-29(32)35/h3-17,25-26,28,33H,18-19H2,1-2H3,(H,31,34,35)/t25-,26?,28+/m0/s1. The molecule has 3 aromatic carbocycles. The van der Waals surface area contributed by atoms with Crippen molar-refractivity contribution in [2.45, 2.75) is 30.5 Å². The first-order chi connectivity index (χ1) is 18.9. The van der Waals surface area contributed by atoms with Crippen molar-refractivity contribution in [3.8, 4) is 11.5 Å². The van der Waals surface area contributed by atoms with Crippen molar-refractivity contribution in [3.05, 3.63) is 129 Å². The van der Waals surface area contributed by atoms with E-state index in [0.717, 1.165) is 16.7 Å². The van der Waals surface area contributed by atoms with E-state index in [1.54, 1.807) is 14.2 Å². The molecular formula is C30H30N2O7. The quantitative estimate of drug-likeness (QED) is 0.320. The second-order valence-corrected chi connectivity index (χ2v) is 9.28. The van der Waals surface area contributed by atoms with Gasteiger partial charge in [0, 0.05) is 18.7 Å². The van der Waals surface area contributed by atoms with Gasteiger partial charge in [-0.05, 0) is 41.0 Å². The molecule has 4 aromatic rings. The van der Waals surface area contributed by atoms with Crippen LogP contribution in [-0.4, -0.2) is 47.7 Å². The number of ether oxygens (including phenoxy) is 4. The van der Waals surface area contributed by atoms with Crippen molar-refractivity contribution in [3.63, 3.8) is 0 Å². The fourth-order valence-corrected chi connectivity index (χ4v) is 5.01. The van der Waals surface area contributed by atoms with E-state index in [0.29, 0.717) is 11.5 Å². The number of nitrogens with one attached hydrogen (secondary N) is 1. The van der Waals surface area contributed by atoms with Gasteiger partial charge in [0.15, 0.2) is 6.23 Å². The molecule has 1 aromatic heterocycles. The minimum absolute atomic E-state index is 0.110. The summed E-state index contributed by atoms with van der Waals surface area (Å²) in [7, 11) is 3.23. The Hall–Kier alpha value is -4.18. The third kappa shape index (κ3) is 5.24. The monoisotopic (exact) mass is 530 g/mol. The molecule has 1 aliphatic heterocycles. The van der Waals surface area contributed by atoms with Crippen LogP contribution in [0.25, 0.3) is 0 Å². The van der Waals surface area contributed by atoms with Crippen LogP contribution in [0.2, 0.25) is 0 Å². The zero-order valence-electron chi connectivity index (χ0n) is 21.7. The molecule has 1 fully saturated rings. The summed E-state index contributed by atoms with van der Waals surface area (Å²) in [5.74, 6) is 1.43. The number of benzene rings is 3. The number of aliphatic hydroxyl groups is 1. The fraction of sp³-hybridized carbons (Fsp3) is 0.267. The van der Waals surface area contributed by atoms with Gasteiger partial charge in [0.05, 0.1) is 26.9 Å². The minimum Gasteiger partial charge on any atom is -0.497 e. The van der Waals surface area contributed by atoms with Gasteiger partial charge in [0.1, 0.15) is 23.2 Å². The van der Waals surface area contributed by atoms with E-state index in [1.165, 1.54) is 16.8 Å². The number of methoxy groups -OCH3 is 2. The Morgan fingerprint density at radius 2 is 1.44 bits per heavy atom. The lowest BCUT2D eigenvalue weighted by Gasteiger charge is -2.37. The zero-order chi connectivity index (χ0) is 27.4. The zero-order valence-corrected chi connectivity index (χ0v) is 21.7. The highest BCUT2D eigenvalue weighted by molar-refractivity contribution is 5.49. The predicted octanol–water partition coefficient (Wildman–Crippen LogP) is 3.21. The van der Waals surface area contributed by atoms with E-state index in [-0.39, 0.29) is 13.0 Å². The van der Waals surface area contributed by atoms with Gasteiger partial charge in [0.25, 0.3) is 5.56 Å². The molecule has 3 atom stereocenters. The molecule has 0 saturated carbocycles.